The highest BCUT2D eigenvalue weighted by molar-refractivity contribution is 6.46. The van der Waals surface area contributed by atoms with E-state index in [9.17, 15) is 14.7 Å². The van der Waals surface area contributed by atoms with Gasteiger partial charge in [-0.15, -0.1) is 0 Å². The number of Topliss-reactive ketones (excluding diaryl/α,β-unsaturated/α-hetero) is 1. The van der Waals surface area contributed by atoms with Crippen LogP contribution >= 0.6 is 11.6 Å². The van der Waals surface area contributed by atoms with E-state index in [0.29, 0.717) is 36.0 Å². The Morgan fingerprint density at radius 1 is 1.10 bits per heavy atom. The van der Waals surface area contributed by atoms with Crippen LogP contribution in [-0.4, -0.2) is 60.4 Å². The summed E-state index contributed by atoms with van der Waals surface area (Å²) in [4.78, 5) is 29.2. The second-order valence-electron chi connectivity index (χ2n) is 7.30. The van der Waals surface area contributed by atoms with Crippen LogP contribution in [0.2, 0.25) is 5.02 Å². The van der Waals surface area contributed by atoms with Gasteiger partial charge in [-0.25, -0.2) is 0 Å². The molecular formula is C23H25ClN2O4. The maximum Gasteiger partial charge on any atom is 0.295 e. The zero-order valence-electron chi connectivity index (χ0n) is 17.3. The molecule has 0 radical (unpaired) electrons. The van der Waals surface area contributed by atoms with E-state index in [4.69, 9.17) is 16.3 Å². The SMILES string of the molecule is CCOc1ccc([C@@H]2C(=C(O)c3ccc(Cl)cc3)C(=O)C(=O)N2CCN(C)C)cc1. The molecule has 0 spiro atoms. The molecule has 1 aliphatic rings. The highest BCUT2D eigenvalue weighted by atomic mass is 35.5. The molecule has 0 bridgehead atoms. The van der Waals surface area contributed by atoms with Crippen molar-refractivity contribution in [2.24, 2.45) is 0 Å². The van der Waals surface area contributed by atoms with E-state index < -0.39 is 17.7 Å². The number of hydrogen-bond acceptors (Lipinski definition) is 5. The minimum Gasteiger partial charge on any atom is -0.507 e. The predicted molar refractivity (Wildman–Crippen MR) is 117 cm³/mol. The van der Waals surface area contributed by atoms with Crippen LogP contribution < -0.4 is 4.74 Å². The van der Waals surface area contributed by atoms with Crippen molar-refractivity contribution < 1.29 is 19.4 Å². The Morgan fingerprint density at radius 2 is 1.73 bits per heavy atom. The molecule has 1 aliphatic heterocycles. The summed E-state index contributed by atoms with van der Waals surface area (Å²) in [6.07, 6.45) is 0. The number of halogens is 1. The number of benzene rings is 2. The number of ether oxygens (including phenoxy) is 1. The number of likely N-dealkylation sites (N-methyl/N-ethyl adjacent to an activating group) is 1. The first-order valence-corrected chi connectivity index (χ1v) is 10.1. The zero-order chi connectivity index (χ0) is 21.8. The average Bonchev–Trinajstić information content (AvgIpc) is 2.98. The van der Waals surface area contributed by atoms with Crippen LogP contribution in [0.4, 0.5) is 0 Å². The van der Waals surface area contributed by atoms with Crippen molar-refractivity contribution in [2.75, 3.05) is 33.8 Å². The first-order valence-electron chi connectivity index (χ1n) is 9.75. The number of carbonyl (C=O) groups is 2. The summed E-state index contributed by atoms with van der Waals surface area (Å²) in [6, 6.07) is 13.1. The lowest BCUT2D eigenvalue weighted by atomic mass is 9.95. The number of aliphatic hydroxyl groups is 1. The van der Waals surface area contributed by atoms with Crippen molar-refractivity contribution in [3.8, 4) is 5.75 Å². The quantitative estimate of drug-likeness (QED) is 0.413. The van der Waals surface area contributed by atoms with Gasteiger partial charge in [0.25, 0.3) is 11.7 Å². The smallest absolute Gasteiger partial charge is 0.295 e. The molecule has 1 atom stereocenters. The maximum absolute atomic E-state index is 12.9. The van der Waals surface area contributed by atoms with Gasteiger partial charge in [-0.2, -0.15) is 0 Å². The Balaban J connectivity index is 2.10. The lowest BCUT2D eigenvalue weighted by molar-refractivity contribution is -0.140. The van der Waals surface area contributed by atoms with Gasteiger partial charge in [-0.3, -0.25) is 9.59 Å². The minimum atomic E-state index is -0.694. The Kier molecular flexibility index (Phi) is 6.80. The fraction of sp³-hybridized carbons (Fsp3) is 0.304. The number of nitrogens with zero attached hydrogens (tertiary/aromatic N) is 2. The highest BCUT2D eigenvalue weighted by Gasteiger charge is 2.45. The molecule has 6 nitrogen and oxygen atoms in total. The molecule has 0 aliphatic carbocycles. The number of ketones is 1. The van der Waals surface area contributed by atoms with E-state index >= 15 is 0 Å². The van der Waals surface area contributed by atoms with E-state index in [0.717, 1.165) is 5.56 Å². The summed E-state index contributed by atoms with van der Waals surface area (Å²) < 4.78 is 5.50. The Hall–Kier alpha value is -2.83. The number of likely N-dealkylation sites (tertiary alicyclic amines) is 1. The molecule has 7 heteroatoms. The maximum atomic E-state index is 12.9. The standard InChI is InChI=1S/C23H25ClN2O4/c1-4-30-18-11-7-15(8-12-18)20-19(21(27)16-5-9-17(24)10-6-16)22(28)23(29)26(20)14-13-25(2)3/h5-12,20,27H,4,13-14H2,1-3H3/t20-/m1/s1. The fourth-order valence-corrected chi connectivity index (χ4v) is 3.57. The van der Waals surface area contributed by atoms with Crippen molar-refractivity contribution in [1.82, 2.24) is 9.80 Å². The van der Waals surface area contributed by atoms with Crippen LogP contribution in [0.1, 0.15) is 24.1 Å². The molecule has 1 amide bonds. The topological polar surface area (TPSA) is 70.1 Å². The fourth-order valence-electron chi connectivity index (χ4n) is 3.44. The molecule has 1 N–H and O–H groups in total. The molecule has 1 fully saturated rings. The predicted octanol–water partition coefficient (Wildman–Crippen LogP) is 3.72. The van der Waals surface area contributed by atoms with Gasteiger partial charge in [0.15, 0.2) is 0 Å². The van der Waals surface area contributed by atoms with E-state index in [1.807, 2.05) is 38.1 Å². The number of amides is 1. The normalized spacial score (nSPS) is 18.3. The Labute approximate surface area is 181 Å². The van der Waals surface area contributed by atoms with Gasteiger partial charge >= 0.3 is 0 Å². The van der Waals surface area contributed by atoms with Crippen molar-refractivity contribution in [1.29, 1.82) is 0 Å². The van der Waals surface area contributed by atoms with E-state index in [1.165, 1.54) is 4.90 Å². The van der Waals surface area contributed by atoms with Gasteiger partial charge in [0.05, 0.1) is 18.2 Å². The van der Waals surface area contributed by atoms with E-state index in [-0.39, 0.29) is 11.3 Å². The molecule has 0 unspecified atom stereocenters. The second-order valence-corrected chi connectivity index (χ2v) is 7.74. The molecule has 3 rings (SSSR count). The molecule has 30 heavy (non-hydrogen) atoms. The van der Waals surface area contributed by atoms with Crippen LogP contribution in [0.5, 0.6) is 5.75 Å². The third-order valence-corrected chi connectivity index (χ3v) is 5.20. The van der Waals surface area contributed by atoms with Gasteiger partial charge in [0, 0.05) is 23.7 Å². The summed E-state index contributed by atoms with van der Waals surface area (Å²) in [5.41, 5.74) is 1.23. The van der Waals surface area contributed by atoms with Crippen molar-refractivity contribution >= 4 is 29.1 Å². The molecule has 158 valence electrons. The monoisotopic (exact) mass is 428 g/mol. The van der Waals surface area contributed by atoms with Crippen molar-refractivity contribution in [2.45, 2.75) is 13.0 Å². The highest BCUT2D eigenvalue weighted by Crippen LogP contribution is 2.39. The van der Waals surface area contributed by atoms with Crippen LogP contribution in [0, 0.1) is 0 Å². The Morgan fingerprint density at radius 3 is 2.30 bits per heavy atom. The average molecular weight is 429 g/mol. The van der Waals surface area contributed by atoms with Gasteiger partial charge in [-0.1, -0.05) is 23.7 Å². The number of hydrogen-bond donors (Lipinski definition) is 1. The summed E-state index contributed by atoms with van der Waals surface area (Å²) in [5, 5.41) is 11.5. The second kappa shape index (κ2) is 9.32. The third-order valence-electron chi connectivity index (χ3n) is 4.95. The lowest BCUT2D eigenvalue weighted by Crippen LogP contribution is -2.35. The van der Waals surface area contributed by atoms with Crippen LogP contribution in [0.15, 0.2) is 54.1 Å². The lowest BCUT2D eigenvalue weighted by Gasteiger charge is -2.26. The van der Waals surface area contributed by atoms with E-state index in [1.54, 1.807) is 36.4 Å². The van der Waals surface area contributed by atoms with Gasteiger partial charge in [0.2, 0.25) is 0 Å². The minimum absolute atomic E-state index is 0.0743. The summed E-state index contributed by atoms with van der Waals surface area (Å²) in [6.45, 7) is 3.38. The largest absolute Gasteiger partial charge is 0.507 e. The van der Waals surface area contributed by atoms with Crippen LogP contribution in [-0.2, 0) is 9.59 Å². The molecule has 1 heterocycles. The molecule has 2 aromatic carbocycles. The van der Waals surface area contributed by atoms with Gasteiger partial charge in [0.1, 0.15) is 11.5 Å². The Bertz CT molecular complexity index is 952. The van der Waals surface area contributed by atoms with Crippen LogP contribution in [0.3, 0.4) is 0 Å². The van der Waals surface area contributed by atoms with Gasteiger partial charge < -0.3 is 19.6 Å². The number of carbonyl (C=O) groups excluding carboxylic acids is 2. The van der Waals surface area contributed by atoms with Crippen molar-refractivity contribution in [3.63, 3.8) is 0 Å². The molecular weight excluding hydrogens is 404 g/mol. The summed E-state index contributed by atoms with van der Waals surface area (Å²) in [7, 11) is 3.80. The number of rotatable bonds is 7. The molecule has 2 aromatic rings. The number of aliphatic hydroxyl groups excluding tert-OH is 1. The zero-order valence-corrected chi connectivity index (χ0v) is 18.0. The van der Waals surface area contributed by atoms with Crippen LogP contribution in [0.25, 0.3) is 5.76 Å². The molecule has 0 saturated carbocycles. The third kappa shape index (κ3) is 4.50. The first kappa shape index (κ1) is 21.9. The van der Waals surface area contributed by atoms with E-state index in [2.05, 4.69) is 0 Å². The molecule has 1 saturated heterocycles. The summed E-state index contributed by atoms with van der Waals surface area (Å²) >= 11 is 5.94. The summed E-state index contributed by atoms with van der Waals surface area (Å²) in [5.74, 6) is -0.827. The van der Waals surface area contributed by atoms with Gasteiger partial charge in [-0.05, 0) is 63.0 Å². The van der Waals surface area contributed by atoms with Crippen molar-refractivity contribution in [3.05, 3.63) is 70.3 Å². The first-order chi connectivity index (χ1) is 14.3. The molecule has 0 aromatic heterocycles.